The van der Waals surface area contributed by atoms with Crippen LogP contribution in [0.2, 0.25) is 0 Å². The van der Waals surface area contributed by atoms with Gasteiger partial charge in [0.05, 0.1) is 22.0 Å². The molecule has 2 spiro atoms. The fraction of sp³-hybridized carbons (Fsp3) is 0.160. The van der Waals surface area contributed by atoms with Crippen LogP contribution in [-0.2, 0) is 15.5 Å². The highest BCUT2D eigenvalue weighted by molar-refractivity contribution is 7.25. The van der Waals surface area contributed by atoms with Gasteiger partial charge in [-0.25, -0.2) is 0 Å². The van der Waals surface area contributed by atoms with E-state index < -0.39 is 22.0 Å². The molecule has 0 saturated carbocycles. The molecule has 0 amide bonds. The summed E-state index contributed by atoms with van der Waals surface area (Å²) in [6, 6.07) is 57.2. The molecule has 1 aromatic heterocycles. The number of thiophene rings is 1. The highest BCUT2D eigenvalue weighted by Crippen LogP contribution is 2.67. The summed E-state index contributed by atoms with van der Waals surface area (Å²) >= 11 is 1.88. The molecule has 2 nitrogen and oxygen atoms in total. The molecule has 3 aliphatic carbocycles. The third kappa shape index (κ3) is 3.93. The van der Waals surface area contributed by atoms with Gasteiger partial charge in [0.25, 0.3) is 0 Å². The monoisotopic (exact) mass is 713 g/mol. The lowest BCUT2D eigenvalue weighted by molar-refractivity contribution is -0.0893. The Hall–Kier alpha value is -5.26. The van der Waals surface area contributed by atoms with E-state index in [1.807, 2.05) is 32.7 Å². The molecule has 259 valence electrons. The molecular weight excluding hydrogens is 675 g/mol. The Morgan fingerprint density at radius 2 is 0.944 bits per heavy atom. The van der Waals surface area contributed by atoms with E-state index in [0.29, 0.717) is 0 Å². The van der Waals surface area contributed by atoms with Crippen LogP contribution >= 0.6 is 11.3 Å². The molecule has 4 heteroatoms. The molecule has 1 radical (unpaired) electrons. The Morgan fingerprint density at radius 1 is 0.463 bits per heavy atom. The van der Waals surface area contributed by atoms with Crippen molar-refractivity contribution in [3.63, 3.8) is 0 Å². The third-order valence-electron chi connectivity index (χ3n) is 13.0. The van der Waals surface area contributed by atoms with E-state index in [2.05, 4.69) is 152 Å². The molecule has 0 atom stereocenters. The molecule has 54 heavy (non-hydrogen) atoms. The SMILES string of the molecule is CC(C)(O)C(C)(C)O[B]c1ccc2c(c1)C1(c3cc4sc5ccccc5c4cc3-2)c2ccccc2C2(c3ccccc3-c3ccccc32)c2ccccc21. The van der Waals surface area contributed by atoms with E-state index in [9.17, 15) is 5.11 Å². The summed E-state index contributed by atoms with van der Waals surface area (Å²) < 4.78 is 9.02. The van der Waals surface area contributed by atoms with Crippen molar-refractivity contribution >= 4 is 44.5 Å². The Labute approximate surface area is 321 Å². The fourth-order valence-electron chi connectivity index (χ4n) is 9.95. The van der Waals surface area contributed by atoms with Crippen LogP contribution in [0.25, 0.3) is 42.4 Å². The zero-order valence-corrected chi connectivity index (χ0v) is 31.6. The average molecular weight is 714 g/mol. The molecule has 7 aromatic carbocycles. The summed E-state index contributed by atoms with van der Waals surface area (Å²) in [5, 5.41) is 13.6. The van der Waals surface area contributed by atoms with E-state index >= 15 is 0 Å². The molecule has 0 aliphatic heterocycles. The molecule has 0 fully saturated rings. The van der Waals surface area contributed by atoms with Crippen LogP contribution in [0.4, 0.5) is 0 Å². The van der Waals surface area contributed by atoms with Gasteiger partial charge in [0.15, 0.2) is 0 Å². The molecule has 3 aliphatic rings. The van der Waals surface area contributed by atoms with Crippen LogP contribution in [0.1, 0.15) is 72.2 Å². The van der Waals surface area contributed by atoms with Crippen LogP contribution in [0.15, 0.2) is 152 Å². The van der Waals surface area contributed by atoms with Gasteiger partial charge in [-0.3, -0.25) is 0 Å². The summed E-state index contributed by atoms with van der Waals surface area (Å²) in [6.45, 7) is 7.48. The van der Waals surface area contributed by atoms with E-state index in [1.54, 1.807) is 13.8 Å². The summed E-state index contributed by atoms with van der Waals surface area (Å²) in [5.74, 6) is 0. The maximum absolute atomic E-state index is 11.0. The van der Waals surface area contributed by atoms with Gasteiger partial charge >= 0.3 is 7.48 Å². The lowest BCUT2D eigenvalue weighted by Crippen LogP contribution is -2.49. The van der Waals surface area contributed by atoms with E-state index in [1.165, 1.54) is 86.9 Å². The number of hydrogen-bond acceptors (Lipinski definition) is 3. The van der Waals surface area contributed by atoms with Crippen molar-refractivity contribution in [2.75, 3.05) is 0 Å². The highest BCUT2D eigenvalue weighted by Gasteiger charge is 2.59. The molecule has 0 bridgehead atoms. The van der Waals surface area contributed by atoms with Gasteiger partial charge in [-0.2, -0.15) is 0 Å². The number of rotatable bonds is 4. The Bertz CT molecular complexity index is 2780. The quantitative estimate of drug-likeness (QED) is 0.184. The number of benzene rings is 7. The number of aliphatic hydroxyl groups is 1. The first-order valence-corrected chi connectivity index (χ1v) is 19.7. The largest absolute Gasteiger partial charge is 0.427 e. The lowest BCUT2D eigenvalue weighted by Gasteiger charge is -2.49. The van der Waals surface area contributed by atoms with Crippen LogP contribution in [0.3, 0.4) is 0 Å². The second kappa shape index (κ2) is 10.9. The third-order valence-corrected chi connectivity index (χ3v) is 14.2. The maximum atomic E-state index is 11.0. The second-order valence-electron chi connectivity index (χ2n) is 16.3. The predicted octanol–water partition coefficient (Wildman–Crippen LogP) is 10.9. The highest BCUT2D eigenvalue weighted by atomic mass is 32.1. The molecular formula is C50H38BO2S. The molecule has 8 aromatic rings. The smallest absolute Gasteiger partial charge is 0.330 e. The van der Waals surface area contributed by atoms with Crippen molar-refractivity contribution in [3.05, 3.63) is 196 Å². The summed E-state index contributed by atoms with van der Waals surface area (Å²) in [7, 11) is 1.84. The fourth-order valence-corrected chi connectivity index (χ4v) is 11.1. The van der Waals surface area contributed by atoms with Gasteiger partial charge in [0.1, 0.15) is 0 Å². The second-order valence-corrected chi connectivity index (χ2v) is 17.4. The van der Waals surface area contributed by atoms with Crippen LogP contribution in [-0.4, -0.2) is 23.8 Å². The van der Waals surface area contributed by atoms with Crippen molar-refractivity contribution in [1.82, 2.24) is 0 Å². The van der Waals surface area contributed by atoms with Gasteiger partial charge in [-0.05, 0) is 113 Å². The van der Waals surface area contributed by atoms with Gasteiger partial charge in [0.2, 0.25) is 0 Å². The van der Waals surface area contributed by atoms with Crippen molar-refractivity contribution < 1.29 is 9.76 Å². The van der Waals surface area contributed by atoms with Gasteiger partial charge in [0, 0.05) is 20.2 Å². The Kier molecular flexibility index (Phi) is 6.51. The summed E-state index contributed by atoms with van der Waals surface area (Å²) in [5.41, 5.74) is 13.7. The van der Waals surface area contributed by atoms with Crippen molar-refractivity contribution in [2.24, 2.45) is 0 Å². The molecule has 0 saturated heterocycles. The lowest BCUT2D eigenvalue weighted by atomic mass is 9.52. The number of hydrogen-bond donors (Lipinski definition) is 1. The topological polar surface area (TPSA) is 29.5 Å². The van der Waals surface area contributed by atoms with E-state index in [4.69, 9.17) is 4.65 Å². The predicted molar refractivity (Wildman–Crippen MR) is 224 cm³/mol. The first kappa shape index (κ1) is 32.2. The standard InChI is InChI=1S/C50H38BO2S/c1-47(2,52)48(3,4)53-51-30-25-26-33-35-28-36-34-17-7-14-24-45(34)54-46(36)29-44(35)50(43(33)27-30)41-22-12-10-20-39(41)49(40-21-11-13-23-42(40)50)37-18-8-5-15-31(37)32-16-6-9-19-38(32)49/h5-29,52H,1-4H3. The summed E-state index contributed by atoms with van der Waals surface area (Å²) in [4.78, 5) is 0. The molecule has 1 N–H and O–H groups in total. The van der Waals surface area contributed by atoms with Crippen LogP contribution in [0, 0.1) is 0 Å². The van der Waals surface area contributed by atoms with Crippen molar-refractivity contribution in [1.29, 1.82) is 0 Å². The van der Waals surface area contributed by atoms with Crippen LogP contribution in [0.5, 0.6) is 0 Å². The average Bonchev–Trinajstić information content (AvgIpc) is 3.80. The van der Waals surface area contributed by atoms with Crippen molar-refractivity contribution in [2.45, 2.75) is 49.7 Å². The molecule has 11 rings (SSSR count). The Morgan fingerprint density at radius 3 is 1.54 bits per heavy atom. The Balaban J connectivity index is 1.26. The number of fused-ring (bicyclic) bond motifs is 19. The minimum absolute atomic E-state index is 0.486. The molecule has 1 heterocycles. The van der Waals surface area contributed by atoms with Gasteiger partial charge in [-0.15, -0.1) is 11.3 Å². The van der Waals surface area contributed by atoms with Gasteiger partial charge < -0.3 is 9.76 Å². The van der Waals surface area contributed by atoms with E-state index in [0.717, 1.165) is 5.46 Å². The van der Waals surface area contributed by atoms with E-state index in [-0.39, 0.29) is 0 Å². The first-order chi connectivity index (χ1) is 26.2. The zero-order valence-electron chi connectivity index (χ0n) is 30.8. The molecule has 0 unspecified atom stereocenters. The minimum atomic E-state index is -1.03. The van der Waals surface area contributed by atoms with Crippen LogP contribution < -0.4 is 5.46 Å². The maximum Gasteiger partial charge on any atom is 0.330 e. The van der Waals surface area contributed by atoms with Gasteiger partial charge in [-0.1, -0.05) is 139 Å². The minimum Gasteiger partial charge on any atom is -0.427 e. The zero-order chi connectivity index (χ0) is 36.6. The summed E-state index contributed by atoms with van der Waals surface area (Å²) in [6.07, 6.45) is 0. The van der Waals surface area contributed by atoms with Crippen molar-refractivity contribution in [3.8, 4) is 22.3 Å². The normalized spacial score (nSPS) is 15.5. The first-order valence-electron chi connectivity index (χ1n) is 18.9.